The Hall–Kier alpha value is -2.09. The standard InChI is InChI=1S/C14H11NO/c1-11(16)15-14-9-7-13(8-10-14)12-5-3-2-4-6-12/h2-5,7,9-10H,1H3,(H,15,16). The summed E-state index contributed by atoms with van der Waals surface area (Å²) in [4.78, 5) is 10.8. The van der Waals surface area contributed by atoms with Crippen molar-refractivity contribution >= 4 is 11.6 Å². The first-order chi connectivity index (χ1) is 7.75. The van der Waals surface area contributed by atoms with E-state index in [0.29, 0.717) is 0 Å². The summed E-state index contributed by atoms with van der Waals surface area (Å²) in [5.41, 5.74) is 2.72. The Balaban J connectivity index is 2.23. The number of nitrogens with one attached hydrogen (secondary N) is 1. The molecule has 2 aromatic carbocycles. The monoisotopic (exact) mass is 209 g/mol. The van der Waals surface area contributed by atoms with E-state index in [1.165, 1.54) is 6.92 Å². The second-order valence-electron chi connectivity index (χ2n) is 3.45. The van der Waals surface area contributed by atoms with Crippen LogP contribution in [0, 0.1) is 12.1 Å². The highest BCUT2D eigenvalue weighted by Gasteiger charge is 1.98. The van der Waals surface area contributed by atoms with E-state index < -0.39 is 0 Å². The van der Waals surface area contributed by atoms with Crippen molar-refractivity contribution in [2.24, 2.45) is 0 Å². The van der Waals surface area contributed by atoms with Crippen LogP contribution in [0.5, 0.6) is 0 Å². The third kappa shape index (κ3) is 2.48. The van der Waals surface area contributed by atoms with Crippen LogP contribution < -0.4 is 5.32 Å². The van der Waals surface area contributed by atoms with Crippen molar-refractivity contribution in [3.05, 3.63) is 54.6 Å². The van der Waals surface area contributed by atoms with Crippen molar-refractivity contribution in [1.29, 1.82) is 0 Å². The minimum absolute atomic E-state index is 0.0765. The lowest BCUT2D eigenvalue weighted by atomic mass is 10.1. The summed E-state index contributed by atoms with van der Waals surface area (Å²) in [6.45, 7) is 1.49. The van der Waals surface area contributed by atoms with Crippen molar-refractivity contribution in [3.8, 4) is 11.1 Å². The van der Waals surface area contributed by atoms with Gasteiger partial charge >= 0.3 is 0 Å². The first kappa shape index (κ1) is 10.4. The Morgan fingerprint density at radius 1 is 1.12 bits per heavy atom. The number of rotatable bonds is 2. The average molecular weight is 209 g/mol. The van der Waals surface area contributed by atoms with Gasteiger partial charge in [-0.3, -0.25) is 4.79 Å². The molecule has 78 valence electrons. The van der Waals surface area contributed by atoms with Crippen LogP contribution in [0.25, 0.3) is 11.1 Å². The first-order valence-electron chi connectivity index (χ1n) is 5.02. The highest BCUT2D eigenvalue weighted by atomic mass is 16.1. The lowest BCUT2D eigenvalue weighted by molar-refractivity contribution is -0.114. The molecule has 0 aromatic heterocycles. The van der Waals surface area contributed by atoms with Crippen LogP contribution in [0.3, 0.4) is 0 Å². The number of benzene rings is 2. The van der Waals surface area contributed by atoms with Crippen LogP contribution in [0.4, 0.5) is 5.69 Å². The molecule has 2 rings (SSSR count). The molecule has 2 nitrogen and oxygen atoms in total. The van der Waals surface area contributed by atoms with Crippen LogP contribution in [0.2, 0.25) is 0 Å². The molecule has 0 saturated heterocycles. The Labute approximate surface area is 94.9 Å². The smallest absolute Gasteiger partial charge is 0.221 e. The minimum Gasteiger partial charge on any atom is -0.326 e. The number of amides is 1. The molecule has 1 amide bonds. The van der Waals surface area contributed by atoms with Crippen LogP contribution in [-0.2, 0) is 4.79 Å². The fourth-order valence-electron chi connectivity index (χ4n) is 1.43. The summed E-state index contributed by atoms with van der Waals surface area (Å²) in [5.74, 6) is -0.0765. The molecule has 16 heavy (non-hydrogen) atoms. The Kier molecular flexibility index (Phi) is 3.01. The molecule has 0 spiro atoms. The fraction of sp³-hybridized carbons (Fsp3) is 0.0714. The lowest BCUT2D eigenvalue weighted by Gasteiger charge is -2.03. The summed E-state index contributed by atoms with van der Waals surface area (Å²) in [6.07, 6.45) is 0. The number of hydrogen-bond acceptors (Lipinski definition) is 1. The van der Waals surface area contributed by atoms with Crippen molar-refractivity contribution in [2.75, 3.05) is 5.32 Å². The van der Waals surface area contributed by atoms with E-state index in [2.05, 4.69) is 17.4 Å². The van der Waals surface area contributed by atoms with Gasteiger partial charge in [-0.05, 0) is 35.4 Å². The second kappa shape index (κ2) is 4.62. The summed E-state index contributed by atoms with van der Waals surface area (Å²) in [6, 6.07) is 19.5. The molecule has 0 heterocycles. The van der Waals surface area contributed by atoms with E-state index in [4.69, 9.17) is 0 Å². The second-order valence-corrected chi connectivity index (χ2v) is 3.45. The molecule has 2 aromatic rings. The summed E-state index contributed by atoms with van der Waals surface area (Å²) < 4.78 is 0. The van der Waals surface area contributed by atoms with Crippen LogP contribution in [-0.4, -0.2) is 5.91 Å². The van der Waals surface area contributed by atoms with Gasteiger partial charge in [-0.1, -0.05) is 30.3 Å². The molecule has 0 fully saturated rings. The van der Waals surface area contributed by atoms with Crippen molar-refractivity contribution in [2.45, 2.75) is 6.92 Å². The summed E-state index contributed by atoms with van der Waals surface area (Å²) >= 11 is 0. The molecule has 0 aliphatic carbocycles. The molecule has 0 bridgehead atoms. The van der Waals surface area contributed by atoms with E-state index in [0.717, 1.165) is 16.8 Å². The maximum atomic E-state index is 10.8. The normalized spacial score (nSPS) is 9.81. The number of hydrogen-bond donors (Lipinski definition) is 1. The third-order valence-corrected chi connectivity index (χ3v) is 2.13. The van der Waals surface area contributed by atoms with Gasteiger partial charge in [-0.2, -0.15) is 0 Å². The van der Waals surface area contributed by atoms with Gasteiger partial charge in [0.2, 0.25) is 5.91 Å². The topological polar surface area (TPSA) is 29.1 Å². The van der Waals surface area contributed by atoms with E-state index in [1.807, 2.05) is 36.4 Å². The highest BCUT2D eigenvalue weighted by Crippen LogP contribution is 2.19. The van der Waals surface area contributed by atoms with Crippen molar-refractivity contribution in [3.63, 3.8) is 0 Å². The van der Waals surface area contributed by atoms with E-state index >= 15 is 0 Å². The van der Waals surface area contributed by atoms with Gasteiger partial charge in [0.25, 0.3) is 0 Å². The number of carbonyl (C=O) groups is 1. The van der Waals surface area contributed by atoms with E-state index in [-0.39, 0.29) is 5.91 Å². The first-order valence-corrected chi connectivity index (χ1v) is 5.02. The van der Waals surface area contributed by atoms with Crippen LogP contribution in [0.15, 0.2) is 42.5 Å². The van der Waals surface area contributed by atoms with Gasteiger partial charge in [0.15, 0.2) is 0 Å². The van der Waals surface area contributed by atoms with Gasteiger partial charge in [0.05, 0.1) is 0 Å². The molecule has 0 aliphatic rings. The predicted octanol–water partition coefficient (Wildman–Crippen LogP) is 2.91. The van der Waals surface area contributed by atoms with Gasteiger partial charge in [-0.15, -0.1) is 0 Å². The molecule has 0 unspecified atom stereocenters. The third-order valence-electron chi connectivity index (χ3n) is 2.13. The van der Waals surface area contributed by atoms with Crippen LogP contribution in [0.1, 0.15) is 6.92 Å². The summed E-state index contributed by atoms with van der Waals surface area (Å²) in [7, 11) is 0. The van der Waals surface area contributed by atoms with Crippen molar-refractivity contribution < 1.29 is 4.79 Å². The molecular weight excluding hydrogens is 198 g/mol. The quantitative estimate of drug-likeness (QED) is 0.809. The van der Waals surface area contributed by atoms with E-state index in [1.54, 1.807) is 6.07 Å². The van der Waals surface area contributed by atoms with E-state index in [9.17, 15) is 4.79 Å². The maximum Gasteiger partial charge on any atom is 0.221 e. The fourth-order valence-corrected chi connectivity index (χ4v) is 1.43. The zero-order chi connectivity index (χ0) is 11.4. The zero-order valence-electron chi connectivity index (χ0n) is 8.95. The molecular formula is C14H11NO. The predicted molar refractivity (Wildman–Crippen MR) is 63.9 cm³/mol. The zero-order valence-corrected chi connectivity index (χ0v) is 8.95. The molecule has 0 atom stereocenters. The lowest BCUT2D eigenvalue weighted by Crippen LogP contribution is -2.05. The molecule has 2 heteroatoms. The van der Waals surface area contributed by atoms with Gasteiger partial charge in [0.1, 0.15) is 0 Å². The molecule has 2 radical (unpaired) electrons. The van der Waals surface area contributed by atoms with Crippen molar-refractivity contribution in [1.82, 2.24) is 0 Å². The maximum absolute atomic E-state index is 10.8. The average Bonchev–Trinajstić information content (AvgIpc) is 2.30. The van der Waals surface area contributed by atoms with Gasteiger partial charge < -0.3 is 5.32 Å². The minimum atomic E-state index is -0.0765. The Morgan fingerprint density at radius 3 is 2.50 bits per heavy atom. The SMILES string of the molecule is CC(=O)Nc1c[c]c(-c2[c]cccc2)cc1. The van der Waals surface area contributed by atoms with Gasteiger partial charge in [0, 0.05) is 12.6 Å². The number of carbonyl (C=O) groups excluding carboxylic acids is 1. The van der Waals surface area contributed by atoms with Gasteiger partial charge in [-0.25, -0.2) is 0 Å². The Bertz CT molecular complexity index is 474. The van der Waals surface area contributed by atoms with Crippen LogP contribution >= 0.6 is 0 Å². The Morgan fingerprint density at radius 2 is 1.94 bits per heavy atom. The highest BCUT2D eigenvalue weighted by molar-refractivity contribution is 5.88. The largest absolute Gasteiger partial charge is 0.326 e. The molecule has 1 N–H and O–H groups in total. The number of anilines is 1. The summed E-state index contributed by atoms with van der Waals surface area (Å²) in [5, 5.41) is 2.70. The molecule has 0 saturated carbocycles. The molecule has 0 aliphatic heterocycles.